The number of rotatable bonds is 1. The summed E-state index contributed by atoms with van der Waals surface area (Å²) in [7, 11) is 0. The first kappa shape index (κ1) is 13.8. The molecule has 1 aromatic carbocycles. The number of carbonyl (C=O) groups excluding carboxylic acids is 1. The van der Waals surface area contributed by atoms with Crippen molar-refractivity contribution in [2.45, 2.75) is 19.4 Å². The van der Waals surface area contributed by atoms with Gasteiger partial charge in [0.2, 0.25) is 0 Å². The monoisotopic (exact) mass is 353 g/mol. The summed E-state index contributed by atoms with van der Waals surface area (Å²) in [5.74, 6) is -0.516. The van der Waals surface area contributed by atoms with Gasteiger partial charge in [0.1, 0.15) is 5.82 Å². The molecule has 20 heavy (non-hydrogen) atoms. The van der Waals surface area contributed by atoms with Crippen LogP contribution in [0, 0.1) is 5.82 Å². The molecular weight excluding hydrogens is 341 g/mol. The first-order chi connectivity index (χ1) is 9.58. The molecule has 0 fully saturated rings. The van der Waals surface area contributed by atoms with Gasteiger partial charge in [0.25, 0.3) is 5.91 Å². The highest BCUT2D eigenvalue weighted by molar-refractivity contribution is 9.10. The number of hydrogen-bond donors (Lipinski definition) is 0. The third kappa shape index (κ3) is 2.29. The number of carbonyl (C=O) groups is 1. The predicted octanol–water partition coefficient (Wildman–Crippen LogP) is 4.41. The molecule has 1 aliphatic heterocycles. The van der Waals surface area contributed by atoms with Crippen LogP contribution in [0.5, 0.6) is 0 Å². The van der Waals surface area contributed by atoms with Gasteiger partial charge < -0.3 is 4.90 Å². The third-order valence-corrected chi connectivity index (χ3v) is 5.34. The number of benzene rings is 1. The fourth-order valence-electron chi connectivity index (χ4n) is 2.58. The smallest absolute Gasteiger partial charge is 0.254 e. The van der Waals surface area contributed by atoms with E-state index in [4.69, 9.17) is 0 Å². The number of fused-ring (bicyclic) bond motifs is 1. The average Bonchev–Trinajstić information content (AvgIpc) is 2.91. The summed E-state index contributed by atoms with van der Waals surface area (Å²) >= 11 is 4.84. The Bertz CT molecular complexity index is 670. The van der Waals surface area contributed by atoms with E-state index in [1.54, 1.807) is 23.5 Å². The van der Waals surface area contributed by atoms with Gasteiger partial charge >= 0.3 is 0 Å². The summed E-state index contributed by atoms with van der Waals surface area (Å²) in [5, 5.41) is 2.06. The van der Waals surface area contributed by atoms with Gasteiger partial charge in [0.15, 0.2) is 0 Å². The van der Waals surface area contributed by atoms with Crippen LogP contribution in [-0.2, 0) is 6.42 Å². The summed E-state index contributed by atoms with van der Waals surface area (Å²) in [4.78, 5) is 15.7. The zero-order valence-corrected chi connectivity index (χ0v) is 13.3. The van der Waals surface area contributed by atoms with E-state index in [1.807, 2.05) is 11.8 Å². The van der Waals surface area contributed by atoms with Crippen molar-refractivity contribution in [1.82, 2.24) is 4.90 Å². The molecule has 0 bridgehead atoms. The molecule has 1 amide bonds. The molecule has 5 heteroatoms. The average molecular weight is 354 g/mol. The van der Waals surface area contributed by atoms with Crippen LogP contribution in [0.1, 0.15) is 33.8 Å². The van der Waals surface area contributed by atoms with Crippen LogP contribution in [0.25, 0.3) is 0 Å². The number of nitrogens with zero attached hydrogens (tertiary/aromatic N) is 1. The summed E-state index contributed by atoms with van der Waals surface area (Å²) in [5.41, 5.74) is 1.61. The van der Waals surface area contributed by atoms with E-state index < -0.39 is 5.82 Å². The summed E-state index contributed by atoms with van der Waals surface area (Å²) in [6.45, 7) is 2.71. The van der Waals surface area contributed by atoms with Crippen molar-refractivity contribution in [2.75, 3.05) is 6.54 Å². The Hall–Kier alpha value is -1.20. The third-order valence-electron chi connectivity index (χ3n) is 3.70. The minimum absolute atomic E-state index is 0.0456. The van der Waals surface area contributed by atoms with E-state index in [-0.39, 0.29) is 11.9 Å². The zero-order chi connectivity index (χ0) is 14.3. The maximum Gasteiger partial charge on any atom is 0.254 e. The van der Waals surface area contributed by atoms with Gasteiger partial charge in [0, 0.05) is 17.0 Å². The Morgan fingerprint density at radius 2 is 2.25 bits per heavy atom. The van der Waals surface area contributed by atoms with Crippen molar-refractivity contribution in [2.24, 2.45) is 0 Å². The minimum Gasteiger partial charge on any atom is -0.331 e. The van der Waals surface area contributed by atoms with Crippen LogP contribution in [0.4, 0.5) is 4.39 Å². The first-order valence-corrected chi connectivity index (χ1v) is 8.07. The molecule has 0 aliphatic carbocycles. The lowest BCUT2D eigenvalue weighted by Crippen LogP contribution is -2.38. The fourth-order valence-corrected chi connectivity index (χ4v) is 3.79. The van der Waals surface area contributed by atoms with Crippen molar-refractivity contribution >= 4 is 33.2 Å². The molecule has 2 aromatic rings. The molecule has 1 unspecified atom stereocenters. The van der Waals surface area contributed by atoms with E-state index in [0.717, 1.165) is 6.42 Å². The van der Waals surface area contributed by atoms with Gasteiger partial charge in [-0.2, -0.15) is 0 Å². The molecule has 1 atom stereocenters. The molecule has 0 saturated heterocycles. The second-order valence-electron chi connectivity index (χ2n) is 4.85. The maximum absolute atomic E-state index is 13.6. The Labute approximate surface area is 129 Å². The van der Waals surface area contributed by atoms with Crippen molar-refractivity contribution in [3.63, 3.8) is 0 Å². The lowest BCUT2D eigenvalue weighted by molar-refractivity contribution is 0.0679. The highest BCUT2D eigenvalue weighted by Crippen LogP contribution is 2.33. The van der Waals surface area contributed by atoms with Crippen LogP contribution in [0.3, 0.4) is 0 Å². The summed E-state index contributed by atoms with van der Waals surface area (Å²) in [6, 6.07) is 6.65. The van der Waals surface area contributed by atoms with Crippen LogP contribution in [0.2, 0.25) is 0 Å². The quantitative estimate of drug-likeness (QED) is 0.743. The first-order valence-electron chi connectivity index (χ1n) is 6.40. The number of thiophene rings is 1. The van der Waals surface area contributed by atoms with Crippen LogP contribution < -0.4 is 0 Å². The lowest BCUT2D eigenvalue weighted by atomic mass is 10.0. The predicted molar refractivity (Wildman–Crippen MR) is 81.6 cm³/mol. The molecule has 0 radical (unpaired) electrons. The SMILES string of the molecule is CC1c2ccsc2CCN1C(=O)c1ccc(Br)c(F)c1. The van der Waals surface area contributed by atoms with Gasteiger partial charge in [-0.25, -0.2) is 4.39 Å². The lowest BCUT2D eigenvalue weighted by Gasteiger charge is -2.33. The molecule has 1 aliphatic rings. The zero-order valence-electron chi connectivity index (χ0n) is 10.9. The Morgan fingerprint density at radius 1 is 1.45 bits per heavy atom. The Kier molecular flexibility index (Phi) is 3.65. The van der Waals surface area contributed by atoms with Gasteiger partial charge in [-0.1, -0.05) is 0 Å². The van der Waals surface area contributed by atoms with Crippen LogP contribution >= 0.6 is 27.3 Å². The maximum atomic E-state index is 13.6. The highest BCUT2D eigenvalue weighted by Gasteiger charge is 2.29. The second kappa shape index (κ2) is 5.30. The Balaban J connectivity index is 1.90. The van der Waals surface area contributed by atoms with E-state index in [2.05, 4.69) is 27.4 Å². The molecule has 104 valence electrons. The molecule has 3 rings (SSSR count). The minimum atomic E-state index is -0.406. The normalized spacial score (nSPS) is 17.9. The van der Waals surface area contributed by atoms with E-state index >= 15 is 0 Å². The van der Waals surface area contributed by atoms with E-state index in [0.29, 0.717) is 16.6 Å². The molecule has 1 aromatic heterocycles. The molecule has 0 saturated carbocycles. The van der Waals surface area contributed by atoms with Gasteiger partial charge in [-0.15, -0.1) is 11.3 Å². The topological polar surface area (TPSA) is 20.3 Å². The Morgan fingerprint density at radius 3 is 3.00 bits per heavy atom. The van der Waals surface area contributed by atoms with Crippen molar-refractivity contribution in [3.8, 4) is 0 Å². The van der Waals surface area contributed by atoms with E-state index in [1.165, 1.54) is 16.5 Å². The summed E-state index contributed by atoms with van der Waals surface area (Å²) < 4.78 is 14.0. The molecule has 2 nitrogen and oxygen atoms in total. The fraction of sp³-hybridized carbons (Fsp3) is 0.267. The van der Waals surface area contributed by atoms with Crippen LogP contribution in [0.15, 0.2) is 34.1 Å². The van der Waals surface area contributed by atoms with Crippen molar-refractivity contribution < 1.29 is 9.18 Å². The highest BCUT2D eigenvalue weighted by atomic mass is 79.9. The van der Waals surface area contributed by atoms with Gasteiger partial charge in [0.05, 0.1) is 10.5 Å². The number of amides is 1. The number of hydrogen-bond acceptors (Lipinski definition) is 2. The van der Waals surface area contributed by atoms with Gasteiger partial charge in [-0.05, 0) is 64.5 Å². The largest absolute Gasteiger partial charge is 0.331 e. The second-order valence-corrected chi connectivity index (χ2v) is 6.71. The standard InChI is InChI=1S/C15H13BrFNOS/c1-9-11-5-7-20-14(11)4-6-18(9)15(19)10-2-3-12(16)13(17)8-10/h2-3,5,7-9H,4,6H2,1H3. The molecular formula is C15H13BrFNOS. The molecule has 2 heterocycles. The van der Waals surface area contributed by atoms with E-state index in [9.17, 15) is 9.18 Å². The summed E-state index contributed by atoms with van der Waals surface area (Å²) in [6.07, 6.45) is 0.877. The van der Waals surface area contributed by atoms with Crippen molar-refractivity contribution in [1.29, 1.82) is 0 Å². The molecule has 0 spiro atoms. The van der Waals surface area contributed by atoms with Crippen molar-refractivity contribution in [3.05, 3.63) is 55.9 Å². The number of halogens is 2. The van der Waals surface area contributed by atoms with Crippen LogP contribution in [-0.4, -0.2) is 17.4 Å². The van der Waals surface area contributed by atoms with Gasteiger partial charge in [-0.3, -0.25) is 4.79 Å². The molecule has 0 N–H and O–H groups in total.